The number of likely N-dealkylation sites (tertiary alicyclic amines) is 1. The first kappa shape index (κ1) is 12.1. The van der Waals surface area contributed by atoms with Crippen LogP contribution in [0.2, 0.25) is 0 Å². The number of amides is 1. The zero-order valence-corrected chi connectivity index (χ0v) is 10.3. The number of benzene rings is 1. The number of nitrogens with two attached hydrogens (primary N) is 1. The monoisotopic (exact) mass is 232 g/mol. The van der Waals surface area contributed by atoms with Crippen molar-refractivity contribution < 1.29 is 4.79 Å². The average Bonchev–Trinajstić information content (AvgIpc) is 2.72. The van der Waals surface area contributed by atoms with Gasteiger partial charge in [-0.3, -0.25) is 4.79 Å². The maximum Gasteiger partial charge on any atom is 0.223 e. The van der Waals surface area contributed by atoms with Gasteiger partial charge in [0.25, 0.3) is 0 Å². The fourth-order valence-corrected chi connectivity index (χ4v) is 2.46. The van der Waals surface area contributed by atoms with Crippen LogP contribution in [0, 0.1) is 5.92 Å². The fraction of sp³-hybridized carbons (Fsp3) is 0.500. The molecular weight excluding hydrogens is 212 g/mol. The summed E-state index contributed by atoms with van der Waals surface area (Å²) in [4.78, 5) is 13.8. The highest BCUT2D eigenvalue weighted by Crippen LogP contribution is 2.20. The third-order valence-corrected chi connectivity index (χ3v) is 3.48. The largest absolute Gasteiger partial charge is 0.339 e. The Hall–Kier alpha value is -1.35. The van der Waals surface area contributed by atoms with Crippen molar-refractivity contribution in [3.05, 3.63) is 35.9 Å². The molecule has 2 atom stereocenters. The first-order chi connectivity index (χ1) is 8.20. The summed E-state index contributed by atoms with van der Waals surface area (Å²) in [7, 11) is 0. The van der Waals surface area contributed by atoms with Gasteiger partial charge in [0.2, 0.25) is 5.91 Å². The van der Waals surface area contributed by atoms with Gasteiger partial charge in [-0.2, -0.15) is 0 Å². The molecule has 1 saturated heterocycles. The topological polar surface area (TPSA) is 46.3 Å². The Bertz CT molecular complexity index is 377. The second kappa shape index (κ2) is 5.32. The van der Waals surface area contributed by atoms with Gasteiger partial charge >= 0.3 is 0 Å². The second-order valence-electron chi connectivity index (χ2n) is 4.89. The van der Waals surface area contributed by atoms with E-state index in [9.17, 15) is 4.79 Å². The molecule has 0 aliphatic carbocycles. The molecule has 2 N–H and O–H groups in total. The maximum absolute atomic E-state index is 11.8. The first-order valence-electron chi connectivity index (χ1n) is 6.24. The highest BCUT2D eigenvalue weighted by Gasteiger charge is 2.31. The quantitative estimate of drug-likeness (QED) is 0.853. The Morgan fingerprint density at radius 2 is 2.12 bits per heavy atom. The molecule has 2 rings (SSSR count). The molecule has 17 heavy (non-hydrogen) atoms. The number of carbonyl (C=O) groups excluding carboxylic acids is 1. The van der Waals surface area contributed by atoms with E-state index in [-0.39, 0.29) is 11.9 Å². The van der Waals surface area contributed by atoms with Gasteiger partial charge in [0, 0.05) is 19.0 Å². The van der Waals surface area contributed by atoms with Gasteiger partial charge in [-0.05, 0) is 31.4 Å². The normalized spacial score (nSPS) is 21.9. The summed E-state index contributed by atoms with van der Waals surface area (Å²) in [5.74, 6) is 0.601. The molecule has 1 fully saturated rings. The molecule has 1 heterocycles. The summed E-state index contributed by atoms with van der Waals surface area (Å²) in [6, 6.07) is 10.6. The number of rotatable bonds is 4. The van der Waals surface area contributed by atoms with Crippen molar-refractivity contribution in [1.82, 2.24) is 4.90 Å². The van der Waals surface area contributed by atoms with Crippen LogP contribution in [0.5, 0.6) is 0 Å². The highest BCUT2D eigenvalue weighted by molar-refractivity contribution is 5.79. The van der Waals surface area contributed by atoms with Crippen LogP contribution in [0.25, 0.3) is 0 Å². The van der Waals surface area contributed by atoms with Crippen LogP contribution in [-0.4, -0.2) is 29.9 Å². The van der Waals surface area contributed by atoms with E-state index in [1.165, 1.54) is 5.56 Å². The SMILES string of the molecule is CC(Cc1ccccc1)N1CC(CN)CC1=O. The Morgan fingerprint density at radius 3 is 2.71 bits per heavy atom. The molecule has 1 aliphatic rings. The number of carbonyl (C=O) groups is 1. The standard InChI is InChI=1S/C14H20N2O/c1-11(7-12-5-3-2-4-6-12)16-10-13(9-15)8-14(16)17/h2-6,11,13H,7-10,15H2,1H3. The lowest BCUT2D eigenvalue weighted by Gasteiger charge is -2.25. The van der Waals surface area contributed by atoms with Crippen molar-refractivity contribution in [2.75, 3.05) is 13.1 Å². The summed E-state index contributed by atoms with van der Waals surface area (Å²) in [5.41, 5.74) is 6.91. The molecule has 0 radical (unpaired) electrons. The average molecular weight is 232 g/mol. The summed E-state index contributed by atoms with van der Waals surface area (Å²) in [6.45, 7) is 3.55. The van der Waals surface area contributed by atoms with E-state index >= 15 is 0 Å². The van der Waals surface area contributed by atoms with Gasteiger partial charge in [0.1, 0.15) is 0 Å². The first-order valence-corrected chi connectivity index (χ1v) is 6.24. The molecule has 1 aliphatic heterocycles. The molecule has 1 aromatic rings. The smallest absolute Gasteiger partial charge is 0.223 e. The Balaban J connectivity index is 1.97. The van der Waals surface area contributed by atoms with Gasteiger partial charge in [-0.25, -0.2) is 0 Å². The van der Waals surface area contributed by atoms with Crippen molar-refractivity contribution in [3.8, 4) is 0 Å². The molecule has 1 aromatic carbocycles. The van der Waals surface area contributed by atoms with Gasteiger partial charge in [0.15, 0.2) is 0 Å². The van der Waals surface area contributed by atoms with Crippen LogP contribution < -0.4 is 5.73 Å². The van der Waals surface area contributed by atoms with Crippen LogP contribution in [0.3, 0.4) is 0 Å². The molecule has 0 aromatic heterocycles. The van der Waals surface area contributed by atoms with E-state index in [0.29, 0.717) is 18.9 Å². The van der Waals surface area contributed by atoms with Crippen LogP contribution in [0.1, 0.15) is 18.9 Å². The lowest BCUT2D eigenvalue weighted by atomic mass is 10.1. The van der Waals surface area contributed by atoms with Crippen LogP contribution in [0.15, 0.2) is 30.3 Å². The number of hydrogen-bond acceptors (Lipinski definition) is 2. The number of nitrogens with zero attached hydrogens (tertiary/aromatic N) is 1. The van der Waals surface area contributed by atoms with Crippen molar-refractivity contribution >= 4 is 5.91 Å². The second-order valence-corrected chi connectivity index (χ2v) is 4.89. The van der Waals surface area contributed by atoms with Crippen LogP contribution in [-0.2, 0) is 11.2 Å². The van der Waals surface area contributed by atoms with Gasteiger partial charge in [0.05, 0.1) is 0 Å². The van der Waals surface area contributed by atoms with Crippen molar-refractivity contribution in [1.29, 1.82) is 0 Å². The minimum absolute atomic E-state index is 0.254. The van der Waals surface area contributed by atoms with Crippen molar-refractivity contribution in [2.45, 2.75) is 25.8 Å². The third kappa shape index (κ3) is 2.86. The summed E-state index contributed by atoms with van der Waals surface area (Å²) >= 11 is 0. The number of hydrogen-bond donors (Lipinski definition) is 1. The molecule has 3 nitrogen and oxygen atoms in total. The highest BCUT2D eigenvalue weighted by atomic mass is 16.2. The predicted molar refractivity (Wildman–Crippen MR) is 68.5 cm³/mol. The van der Waals surface area contributed by atoms with Gasteiger partial charge in [-0.1, -0.05) is 30.3 Å². The molecule has 92 valence electrons. The van der Waals surface area contributed by atoms with Crippen LogP contribution >= 0.6 is 0 Å². The van der Waals surface area contributed by atoms with E-state index in [1.807, 2.05) is 23.1 Å². The molecule has 1 amide bonds. The Morgan fingerprint density at radius 1 is 1.41 bits per heavy atom. The summed E-state index contributed by atoms with van der Waals surface area (Å²) in [6.07, 6.45) is 1.54. The minimum Gasteiger partial charge on any atom is -0.339 e. The molecule has 0 saturated carbocycles. The zero-order valence-electron chi connectivity index (χ0n) is 10.3. The molecule has 3 heteroatoms. The summed E-state index contributed by atoms with van der Waals surface area (Å²) in [5, 5.41) is 0. The van der Waals surface area contributed by atoms with Crippen LogP contribution in [0.4, 0.5) is 0 Å². The maximum atomic E-state index is 11.8. The van der Waals surface area contributed by atoms with E-state index < -0.39 is 0 Å². The van der Waals surface area contributed by atoms with Gasteiger partial charge in [-0.15, -0.1) is 0 Å². The van der Waals surface area contributed by atoms with E-state index in [4.69, 9.17) is 5.73 Å². The van der Waals surface area contributed by atoms with E-state index in [2.05, 4.69) is 19.1 Å². The van der Waals surface area contributed by atoms with E-state index in [0.717, 1.165) is 13.0 Å². The lowest BCUT2D eigenvalue weighted by Crippen LogP contribution is -2.36. The van der Waals surface area contributed by atoms with Gasteiger partial charge < -0.3 is 10.6 Å². The molecule has 0 bridgehead atoms. The third-order valence-electron chi connectivity index (χ3n) is 3.48. The fourth-order valence-electron chi connectivity index (χ4n) is 2.46. The molecule has 2 unspecified atom stereocenters. The predicted octanol–water partition coefficient (Wildman–Crippen LogP) is 1.42. The minimum atomic E-state index is 0.254. The molecule has 0 spiro atoms. The Labute approximate surface area is 103 Å². The van der Waals surface area contributed by atoms with E-state index in [1.54, 1.807) is 0 Å². The molecular formula is C14H20N2O. The lowest BCUT2D eigenvalue weighted by molar-refractivity contribution is -0.129. The van der Waals surface area contributed by atoms with Crippen molar-refractivity contribution in [3.63, 3.8) is 0 Å². The van der Waals surface area contributed by atoms with Crippen molar-refractivity contribution in [2.24, 2.45) is 11.7 Å². The summed E-state index contributed by atoms with van der Waals surface area (Å²) < 4.78 is 0. The zero-order chi connectivity index (χ0) is 12.3. The Kier molecular flexibility index (Phi) is 3.79.